The van der Waals surface area contributed by atoms with Gasteiger partial charge in [-0.15, -0.1) is 0 Å². The Kier molecular flexibility index (Phi) is 20.0. The van der Waals surface area contributed by atoms with Gasteiger partial charge in [-0.25, -0.2) is 4.79 Å². The number of nitrogens with two attached hydrogens (primary N) is 1. The molecule has 0 rings (SSSR count). The van der Waals surface area contributed by atoms with E-state index in [1.165, 1.54) is 96.0 Å². The van der Waals surface area contributed by atoms with Crippen molar-refractivity contribution in [3.8, 4) is 0 Å². The predicted octanol–water partition coefficient (Wildman–Crippen LogP) is 7.25. The molecule has 4 heteroatoms. The molecule has 1 amide bonds. The van der Waals surface area contributed by atoms with Crippen molar-refractivity contribution < 1.29 is 14.3 Å². The van der Waals surface area contributed by atoms with Gasteiger partial charge in [0, 0.05) is 11.6 Å². The van der Waals surface area contributed by atoms with Gasteiger partial charge in [-0.3, -0.25) is 4.79 Å². The number of hydrogen-bond acceptors (Lipinski definition) is 3. The molecule has 0 spiro atoms. The highest BCUT2D eigenvalue weighted by Crippen LogP contribution is 2.16. The lowest BCUT2D eigenvalue weighted by Gasteiger charge is -2.10. The Balaban J connectivity index is 3.59. The van der Waals surface area contributed by atoms with Crippen molar-refractivity contribution in [1.82, 2.24) is 0 Å². The Morgan fingerprint density at radius 3 is 1.50 bits per heavy atom. The summed E-state index contributed by atoms with van der Waals surface area (Å²) in [6.07, 6.45) is 22.8. The second-order valence-electron chi connectivity index (χ2n) is 9.12. The minimum atomic E-state index is -0.581. The summed E-state index contributed by atoms with van der Waals surface area (Å²) in [5.74, 6) is -0.703. The molecule has 0 aromatic carbocycles. The van der Waals surface area contributed by atoms with Gasteiger partial charge in [-0.1, -0.05) is 117 Å². The Hall–Kier alpha value is -1.32. The molecule has 0 heterocycles. The van der Waals surface area contributed by atoms with Crippen LogP contribution < -0.4 is 5.73 Å². The first kappa shape index (κ1) is 28.7. The fourth-order valence-electron chi connectivity index (χ4n) is 3.60. The van der Waals surface area contributed by atoms with Gasteiger partial charge >= 0.3 is 5.97 Å². The molecule has 0 bridgehead atoms. The van der Waals surface area contributed by atoms with Crippen LogP contribution in [0.2, 0.25) is 0 Å². The summed E-state index contributed by atoms with van der Waals surface area (Å²) in [6.45, 7) is 6.61. The van der Waals surface area contributed by atoms with Gasteiger partial charge < -0.3 is 10.5 Å². The van der Waals surface area contributed by atoms with Gasteiger partial charge in [-0.05, 0) is 18.8 Å². The lowest BCUT2D eigenvalue weighted by molar-refractivity contribution is -0.140. The van der Waals surface area contributed by atoms with E-state index in [9.17, 15) is 9.59 Å². The number of hydrogen-bond donors (Lipinski definition) is 1. The summed E-state index contributed by atoms with van der Waals surface area (Å²) in [4.78, 5) is 23.2. The van der Waals surface area contributed by atoms with Crippen molar-refractivity contribution >= 4 is 11.9 Å². The predicted molar refractivity (Wildman–Crippen MR) is 127 cm³/mol. The van der Waals surface area contributed by atoms with E-state index in [4.69, 9.17) is 10.5 Å². The number of rotatable bonds is 21. The maximum Gasteiger partial charge on any atom is 0.334 e. The second-order valence-corrected chi connectivity index (χ2v) is 9.12. The van der Waals surface area contributed by atoms with E-state index in [2.05, 4.69) is 6.92 Å². The number of ether oxygens (including phenoxy) is 1. The maximum atomic E-state index is 12.1. The highest BCUT2D eigenvalue weighted by atomic mass is 16.5. The summed E-state index contributed by atoms with van der Waals surface area (Å²) >= 11 is 0. The maximum absolute atomic E-state index is 12.1. The highest BCUT2D eigenvalue weighted by molar-refractivity contribution is 5.97. The van der Waals surface area contributed by atoms with E-state index in [-0.39, 0.29) is 5.92 Å². The van der Waals surface area contributed by atoms with Crippen LogP contribution in [0.25, 0.3) is 0 Å². The standard InChI is InChI=1S/C26H49NO3/c1-4-5-6-7-8-9-10-11-12-13-14-15-16-17-18-19-20-24(21-25(27)28)26(29)30-22-23(2)3/h21,23H,4-20,22H2,1-3H3,(H2,27,28). The normalized spacial score (nSPS) is 11.8. The van der Waals surface area contributed by atoms with Crippen LogP contribution in [-0.2, 0) is 14.3 Å². The first-order chi connectivity index (χ1) is 14.5. The minimum absolute atomic E-state index is 0.277. The van der Waals surface area contributed by atoms with Gasteiger partial charge in [0.1, 0.15) is 0 Å². The molecule has 0 aliphatic heterocycles. The van der Waals surface area contributed by atoms with Crippen LogP contribution in [0.3, 0.4) is 0 Å². The average Bonchev–Trinajstić information content (AvgIpc) is 2.70. The van der Waals surface area contributed by atoms with Crippen molar-refractivity contribution in [2.45, 2.75) is 130 Å². The summed E-state index contributed by atoms with van der Waals surface area (Å²) in [6, 6.07) is 0. The number of esters is 1. The number of amides is 1. The molecule has 0 atom stereocenters. The fourth-order valence-corrected chi connectivity index (χ4v) is 3.60. The molecule has 0 unspecified atom stereocenters. The number of primary amides is 1. The molecule has 30 heavy (non-hydrogen) atoms. The third-order valence-corrected chi connectivity index (χ3v) is 5.43. The number of carbonyl (C=O) groups is 2. The van der Waals surface area contributed by atoms with Crippen LogP contribution in [0.15, 0.2) is 11.6 Å². The molecular formula is C26H49NO3. The van der Waals surface area contributed by atoms with E-state index in [0.717, 1.165) is 12.8 Å². The zero-order valence-electron chi connectivity index (χ0n) is 20.2. The number of unbranched alkanes of at least 4 members (excludes halogenated alkanes) is 15. The fraction of sp³-hybridized carbons (Fsp3) is 0.846. The summed E-state index contributed by atoms with van der Waals surface area (Å²) < 4.78 is 5.23. The molecule has 176 valence electrons. The molecule has 2 N–H and O–H groups in total. The summed E-state index contributed by atoms with van der Waals surface area (Å²) in [5, 5.41) is 0. The quantitative estimate of drug-likeness (QED) is 0.120. The largest absolute Gasteiger partial charge is 0.462 e. The van der Waals surface area contributed by atoms with Crippen molar-refractivity contribution in [1.29, 1.82) is 0 Å². The van der Waals surface area contributed by atoms with Crippen LogP contribution in [-0.4, -0.2) is 18.5 Å². The van der Waals surface area contributed by atoms with Crippen LogP contribution in [0.5, 0.6) is 0 Å². The van der Waals surface area contributed by atoms with Crippen molar-refractivity contribution in [3.63, 3.8) is 0 Å². The van der Waals surface area contributed by atoms with Crippen molar-refractivity contribution in [2.75, 3.05) is 6.61 Å². The van der Waals surface area contributed by atoms with Crippen LogP contribution >= 0.6 is 0 Å². The number of carbonyl (C=O) groups excluding carboxylic acids is 2. The first-order valence-electron chi connectivity index (χ1n) is 12.6. The second kappa shape index (κ2) is 20.9. The molecule has 0 saturated carbocycles. The van der Waals surface area contributed by atoms with Gasteiger partial charge in [0.2, 0.25) is 5.91 Å². The molecule has 0 aromatic rings. The molecule has 0 fully saturated rings. The molecule has 4 nitrogen and oxygen atoms in total. The third-order valence-electron chi connectivity index (χ3n) is 5.43. The first-order valence-corrected chi connectivity index (χ1v) is 12.6. The van der Waals surface area contributed by atoms with E-state index >= 15 is 0 Å². The van der Waals surface area contributed by atoms with Crippen molar-refractivity contribution in [2.24, 2.45) is 11.7 Å². The van der Waals surface area contributed by atoms with E-state index in [1.54, 1.807) is 0 Å². The van der Waals surface area contributed by atoms with E-state index in [1.807, 2.05) is 13.8 Å². The Morgan fingerprint density at radius 1 is 0.733 bits per heavy atom. The molecule has 0 aromatic heterocycles. The van der Waals surface area contributed by atoms with Crippen LogP contribution in [0.1, 0.15) is 130 Å². The van der Waals surface area contributed by atoms with Crippen LogP contribution in [0, 0.1) is 5.92 Å². The average molecular weight is 424 g/mol. The topological polar surface area (TPSA) is 69.4 Å². The van der Waals surface area contributed by atoms with Gasteiger partial charge in [-0.2, -0.15) is 0 Å². The SMILES string of the molecule is CCCCCCCCCCCCCCCCCCC(=CC(N)=O)C(=O)OCC(C)C. The monoisotopic (exact) mass is 423 g/mol. The Labute approximate surface area is 186 Å². The smallest absolute Gasteiger partial charge is 0.334 e. The van der Waals surface area contributed by atoms with Crippen LogP contribution in [0.4, 0.5) is 0 Å². The lowest BCUT2D eigenvalue weighted by atomic mass is 10.0. The molecule has 0 aliphatic carbocycles. The van der Waals surface area contributed by atoms with Gasteiger partial charge in [0.05, 0.1) is 6.61 Å². The van der Waals surface area contributed by atoms with Gasteiger partial charge in [0.15, 0.2) is 0 Å². The van der Waals surface area contributed by atoms with E-state index in [0.29, 0.717) is 18.6 Å². The zero-order chi connectivity index (χ0) is 22.5. The Morgan fingerprint density at radius 2 is 1.13 bits per heavy atom. The third kappa shape index (κ3) is 20.0. The van der Waals surface area contributed by atoms with E-state index < -0.39 is 11.9 Å². The summed E-state index contributed by atoms with van der Waals surface area (Å²) in [7, 11) is 0. The molecule has 0 aliphatic rings. The lowest BCUT2D eigenvalue weighted by Crippen LogP contribution is -2.16. The molecule has 0 radical (unpaired) electrons. The van der Waals surface area contributed by atoms with Crippen molar-refractivity contribution in [3.05, 3.63) is 11.6 Å². The summed E-state index contributed by atoms with van der Waals surface area (Å²) in [5.41, 5.74) is 5.64. The minimum Gasteiger partial charge on any atom is -0.462 e. The Bertz CT molecular complexity index is 457. The molecule has 0 saturated heterocycles. The van der Waals surface area contributed by atoms with Gasteiger partial charge in [0.25, 0.3) is 0 Å². The highest BCUT2D eigenvalue weighted by Gasteiger charge is 2.12. The zero-order valence-corrected chi connectivity index (χ0v) is 20.2. The molecular weight excluding hydrogens is 374 g/mol.